The summed E-state index contributed by atoms with van der Waals surface area (Å²) in [6.07, 6.45) is 4.72. The second kappa shape index (κ2) is 6.74. The van der Waals surface area contributed by atoms with Crippen LogP contribution < -0.4 is 0 Å². The van der Waals surface area contributed by atoms with Crippen molar-refractivity contribution in [1.82, 2.24) is 9.88 Å². The molecule has 18 heavy (non-hydrogen) atoms. The van der Waals surface area contributed by atoms with Crippen LogP contribution in [-0.2, 0) is 4.79 Å². The average Bonchev–Trinajstić information content (AvgIpc) is 2.39. The van der Waals surface area contributed by atoms with Gasteiger partial charge in [-0.15, -0.1) is 0 Å². The van der Waals surface area contributed by atoms with Crippen LogP contribution in [0, 0.1) is 0 Å². The Balaban J connectivity index is 2.89. The van der Waals surface area contributed by atoms with Crippen LogP contribution in [0.25, 0.3) is 0 Å². The molecule has 1 heterocycles. The van der Waals surface area contributed by atoms with E-state index in [1.165, 1.54) is 18.0 Å². The highest BCUT2D eigenvalue weighted by molar-refractivity contribution is 5.96. The summed E-state index contributed by atoms with van der Waals surface area (Å²) in [7, 11) is 0. The number of nitrogens with zero attached hydrogens (tertiary/aromatic N) is 2. The molecule has 0 aliphatic carbocycles. The molecule has 0 fully saturated rings. The third-order valence-corrected chi connectivity index (χ3v) is 2.75. The van der Waals surface area contributed by atoms with Crippen LogP contribution in [0.3, 0.4) is 0 Å². The number of carboxylic acids is 1. The van der Waals surface area contributed by atoms with Crippen LogP contribution in [0.4, 0.5) is 0 Å². The molecule has 0 aliphatic rings. The monoisotopic (exact) mass is 250 g/mol. The number of hydrogen-bond acceptors (Lipinski definition) is 3. The summed E-state index contributed by atoms with van der Waals surface area (Å²) in [6, 6.07) is 2.48. The van der Waals surface area contributed by atoms with Crippen molar-refractivity contribution >= 4 is 11.9 Å². The Morgan fingerprint density at radius 1 is 1.50 bits per heavy atom. The Morgan fingerprint density at radius 2 is 2.22 bits per heavy atom. The van der Waals surface area contributed by atoms with Gasteiger partial charge in [0.15, 0.2) is 0 Å². The molecule has 98 valence electrons. The molecule has 1 atom stereocenters. The Labute approximate surface area is 106 Å². The molecule has 5 heteroatoms. The Morgan fingerprint density at radius 3 is 2.72 bits per heavy atom. The third kappa shape index (κ3) is 3.55. The van der Waals surface area contributed by atoms with Gasteiger partial charge in [-0.05, 0) is 25.5 Å². The number of pyridine rings is 1. The fourth-order valence-corrected chi connectivity index (χ4v) is 1.59. The Kier molecular flexibility index (Phi) is 5.30. The van der Waals surface area contributed by atoms with Crippen molar-refractivity contribution in [3.8, 4) is 0 Å². The Bertz CT molecular complexity index is 406. The smallest absolute Gasteiger partial charge is 0.326 e. The SMILES string of the molecule is CCCCN(C(=O)c1cccnc1)[C@H](C)C(=O)O. The fraction of sp³-hybridized carbons (Fsp3) is 0.462. The van der Waals surface area contributed by atoms with E-state index in [1.807, 2.05) is 6.92 Å². The van der Waals surface area contributed by atoms with Crippen molar-refractivity contribution in [1.29, 1.82) is 0 Å². The quantitative estimate of drug-likeness (QED) is 0.835. The molecular weight excluding hydrogens is 232 g/mol. The van der Waals surface area contributed by atoms with Gasteiger partial charge in [0.1, 0.15) is 6.04 Å². The molecule has 0 unspecified atom stereocenters. The number of unbranched alkanes of at least 4 members (excludes halogenated alkanes) is 1. The zero-order valence-corrected chi connectivity index (χ0v) is 10.7. The van der Waals surface area contributed by atoms with E-state index in [0.717, 1.165) is 12.8 Å². The van der Waals surface area contributed by atoms with Crippen LogP contribution in [-0.4, -0.2) is 39.5 Å². The van der Waals surface area contributed by atoms with Gasteiger partial charge >= 0.3 is 5.97 Å². The van der Waals surface area contributed by atoms with Crippen molar-refractivity contribution < 1.29 is 14.7 Å². The molecule has 1 N–H and O–H groups in total. The van der Waals surface area contributed by atoms with Gasteiger partial charge < -0.3 is 10.0 Å². The molecule has 0 spiro atoms. The molecule has 1 aromatic rings. The molecule has 0 saturated heterocycles. The summed E-state index contributed by atoms with van der Waals surface area (Å²) >= 11 is 0. The topological polar surface area (TPSA) is 70.5 Å². The number of carboxylic acid groups (broad SMARTS) is 1. The van der Waals surface area contributed by atoms with E-state index in [4.69, 9.17) is 5.11 Å². The van der Waals surface area contributed by atoms with Crippen LogP contribution >= 0.6 is 0 Å². The van der Waals surface area contributed by atoms with Gasteiger partial charge in [-0.3, -0.25) is 9.78 Å². The number of carbonyl (C=O) groups is 2. The van der Waals surface area contributed by atoms with E-state index < -0.39 is 12.0 Å². The first-order valence-corrected chi connectivity index (χ1v) is 6.01. The maximum absolute atomic E-state index is 12.2. The molecule has 0 bridgehead atoms. The van der Waals surface area contributed by atoms with Gasteiger partial charge in [0.25, 0.3) is 5.91 Å². The zero-order chi connectivity index (χ0) is 13.5. The first-order valence-electron chi connectivity index (χ1n) is 6.01. The highest BCUT2D eigenvalue weighted by Gasteiger charge is 2.25. The summed E-state index contributed by atoms with van der Waals surface area (Å²) in [5.41, 5.74) is 0.418. The van der Waals surface area contributed by atoms with E-state index in [1.54, 1.807) is 18.3 Å². The van der Waals surface area contributed by atoms with Crippen LogP contribution in [0.2, 0.25) is 0 Å². The minimum Gasteiger partial charge on any atom is -0.480 e. The summed E-state index contributed by atoms with van der Waals surface area (Å²) in [5.74, 6) is -1.28. The average molecular weight is 250 g/mol. The standard InChI is InChI=1S/C13H18N2O3/c1-3-4-8-15(10(2)13(17)18)12(16)11-6-5-7-14-9-11/h5-7,9-10H,3-4,8H2,1-2H3,(H,17,18)/t10-/m1/s1. The number of aromatic nitrogens is 1. The van der Waals surface area contributed by atoms with Gasteiger partial charge in [-0.25, -0.2) is 4.79 Å². The molecule has 1 rings (SSSR count). The van der Waals surface area contributed by atoms with Crippen molar-refractivity contribution in [3.63, 3.8) is 0 Å². The lowest BCUT2D eigenvalue weighted by molar-refractivity contribution is -0.141. The molecular formula is C13H18N2O3. The zero-order valence-electron chi connectivity index (χ0n) is 10.7. The highest BCUT2D eigenvalue weighted by atomic mass is 16.4. The predicted octanol–water partition coefficient (Wildman–Crippen LogP) is 1.80. The Hall–Kier alpha value is -1.91. The number of carbonyl (C=O) groups excluding carboxylic acids is 1. The number of amides is 1. The van der Waals surface area contributed by atoms with Crippen molar-refractivity contribution in [2.24, 2.45) is 0 Å². The lowest BCUT2D eigenvalue weighted by Gasteiger charge is -2.26. The van der Waals surface area contributed by atoms with Crippen LogP contribution in [0.1, 0.15) is 37.0 Å². The van der Waals surface area contributed by atoms with Gasteiger partial charge in [0.2, 0.25) is 0 Å². The molecule has 0 aromatic carbocycles. The molecule has 1 aromatic heterocycles. The fourth-order valence-electron chi connectivity index (χ4n) is 1.59. The summed E-state index contributed by atoms with van der Waals surface area (Å²) < 4.78 is 0. The minimum atomic E-state index is -0.997. The van der Waals surface area contributed by atoms with Gasteiger partial charge in [0.05, 0.1) is 5.56 Å². The summed E-state index contributed by atoms with van der Waals surface area (Å²) in [6.45, 7) is 3.96. The maximum atomic E-state index is 12.2. The van der Waals surface area contributed by atoms with E-state index in [0.29, 0.717) is 12.1 Å². The van der Waals surface area contributed by atoms with Crippen molar-refractivity contribution in [3.05, 3.63) is 30.1 Å². The van der Waals surface area contributed by atoms with E-state index in [-0.39, 0.29) is 5.91 Å². The second-order valence-electron chi connectivity index (χ2n) is 4.11. The van der Waals surface area contributed by atoms with Crippen molar-refractivity contribution in [2.45, 2.75) is 32.7 Å². The maximum Gasteiger partial charge on any atom is 0.326 e. The normalized spacial score (nSPS) is 11.9. The van der Waals surface area contributed by atoms with Crippen LogP contribution in [0.15, 0.2) is 24.5 Å². The number of aliphatic carboxylic acids is 1. The van der Waals surface area contributed by atoms with Crippen molar-refractivity contribution in [2.75, 3.05) is 6.54 Å². The van der Waals surface area contributed by atoms with E-state index in [9.17, 15) is 9.59 Å². The second-order valence-corrected chi connectivity index (χ2v) is 4.11. The third-order valence-electron chi connectivity index (χ3n) is 2.75. The van der Waals surface area contributed by atoms with Crippen LogP contribution in [0.5, 0.6) is 0 Å². The van der Waals surface area contributed by atoms with E-state index in [2.05, 4.69) is 4.98 Å². The van der Waals surface area contributed by atoms with Gasteiger partial charge in [-0.2, -0.15) is 0 Å². The molecule has 0 saturated carbocycles. The minimum absolute atomic E-state index is 0.286. The summed E-state index contributed by atoms with van der Waals surface area (Å²) in [5, 5.41) is 9.04. The van der Waals surface area contributed by atoms with Gasteiger partial charge in [0, 0.05) is 18.9 Å². The van der Waals surface area contributed by atoms with Gasteiger partial charge in [-0.1, -0.05) is 13.3 Å². The largest absolute Gasteiger partial charge is 0.480 e. The lowest BCUT2D eigenvalue weighted by atomic mass is 10.2. The highest BCUT2D eigenvalue weighted by Crippen LogP contribution is 2.09. The lowest BCUT2D eigenvalue weighted by Crippen LogP contribution is -2.43. The number of hydrogen-bond donors (Lipinski definition) is 1. The first kappa shape index (κ1) is 14.2. The first-order chi connectivity index (χ1) is 8.57. The summed E-state index contributed by atoms with van der Waals surface area (Å²) in [4.78, 5) is 28.5. The molecule has 0 aliphatic heterocycles. The van der Waals surface area contributed by atoms with E-state index >= 15 is 0 Å². The molecule has 0 radical (unpaired) electrons. The molecule has 5 nitrogen and oxygen atoms in total. The predicted molar refractivity (Wildman–Crippen MR) is 67.3 cm³/mol. The molecule has 1 amide bonds. The number of rotatable bonds is 6.